The van der Waals surface area contributed by atoms with Crippen molar-refractivity contribution in [2.24, 2.45) is 4.99 Å². The van der Waals surface area contributed by atoms with Gasteiger partial charge in [-0.2, -0.15) is 4.99 Å². The van der Waals surface area contributed by atoms with E-state index in [0.29, 0.717) is 31.8 Å². The second kappa shape index (κ2) is 9.49. The van der Waals surface area contributed by atoms with Gasteiger partial charge in [0.2, 0.25) is 5.91 Å². The van der Waals surface area contributed by atoms with Crippen molar-refractivity contribution in [3.8, 4) is 0 Å². The average Bonchev–Trinajstić information content (AvgIpc) is 3.04. The summed E-state index contributed by atoms with van der Waals surface area (Å²) >= 11 is 1.15. The molecule has 30 heavy (non-hydrogen) atoms. The third-order valence-electron chi connectivity index (χ3n) is 4.37. The summed E-state index contributed by atoms with van der Waals surface area (Å²) in [5, 5.41) is 0. The summed E-state index contributed by atoms with van der Waals surface area (Å²) < 4.78 is 36.7. The second-order valence-corrected chi connectivity index (χ2v) is 9.62. The molecule has 1 aliphatic heterocycles. The largest absolute Gasteiger partial charge is 0.468 e. The van der Waals surface area contributed by atoms with Crippen LogP contribution in [0.25, 0.3) is 10.2 Å². The number of hydrogen-bond donors (Lipinski definition) is 0. The van der Waals surface area contributed by atoms with E-state index in [1.807, 2.05) is 0 Å². The molecule has 2 amide bonds. The molecule has 2 heterocycles. The molecule has 12 heteroatoms. The third kappa shape index (κ3) is 5.52. The van der Waals surface area contributed by atoms with Crippen LogP contribution in [0.5, 0.6) is 0 Å². The molecule has 1 aromatic heterocycles. The number of ether oxygens (including phenoxy) is 2. The van der Waals surface area contributed by atoms with Gasteiger partial charge in [-0.05, 0) is 12.1 Å². The number of amides is 2. The molecule has 1 aliphatic rings. The number of sulfone groups is 1. The number of thiazole rings is 1. The van der Waals surface area contributed by atoms with Crippen molar-refractivity contribution in [1.82, 2.24) is 9.47 Å². The first-order valence-corrected chi connectivity index (χ1v) is 11.7. The molecule has 0 atom stereocenters. The molecular formula is C18H21N3O7S2. The number of nitrogens with zero attached hydrogens (tertiary/aromatic N) is 3. The van der Waals surface area contributed by atoms with E-state index >= 15 is 0 Å². The summed E-state index contributed by atoms with van der Waals surface area (Å²) in [6.45, 7) is 1.18. The lowest BCUT2D eigenvalue weighted by Gasteiger charge is -2.26. The lowest BCUT2D eigenvalue weighted by atomic mass is 10.3. The summed E-state index contributed by atoms with van der Waals surface area (Å²) in [7, 11) is -2.74. The second-order valence-electron chi connectivity index (χ2n) is 6.55. The Kier molecular flexibility index (Phi) is 7.00. The van der Waals surface area contributed by atoms with Crippen LogP contribution in [-0.2, 0) is 40.2 Å². The van der Waals surface area contributed by atoms with Gasteiger partial charge in [-0.1, -0.05) is 23.5 Å². The van der Waals surface area contributed by atoms with Crippen LogP contribution >= 0.6 is 11.3 Å². The van der Waals surface area contributed by atoms with E-state index in [9.17, 15) is 22.8 Å². The van der Waals surface area contributed by atoms with Crippen LogP contribution in [-0.4, -0.2) is 80.6 Å². The molecule has 0 saturated carbocycles. The van der Waals surface area contributed by atoms with Gasteiger partial charge in [-0.3, -0.25) is 14.4 Å². The van der Waals surface area contributed by atoms with Crippen LogP contribution in [0.3, 0.4) is 0 Å². The average molecular weight is 456 g/mol. The van der Waals surface area contributed by atoms with Crippen LogP contribution < -0.4 is 4.80 Å². The van der Waals surface area contributed by atoms with Crippen LogP contribution in [0.4, 0.5) is 0 Å². The zero-order valence-corrected chi connectivity index (χ0v) is 17.9. The molecule has 0 bridgehead atoms. The van der Waals surface area contributed by atoms with E-state index < -0.39 is 39.1 Å². The van der Waals surface area contributed by atoms with Crippen molar-refractivity contribution in [2.45, 2.75) is 6.54 Å². The highest BCUT2D eigenvalue weighted by atomic mass is 32.2. The number of fused-ring (bicyclic) bond motifs is 1. The van der Waals surface area contributed by atoms with Gasteiger partial charge >= 0.3 is 5.97 Å². The first-order chi connectivity index (χ1) is 14.3. The van der Waals surface area contributed by atoms with E-state index in [2.05, 4.69) is 9.73 Å². The fraction of sp³-hybridized carbons (Fsp3) is 0.444. The summed E-state index contributed by atoms with van der Waals surface area (Å²) in [4.78, 5) is 41.8. The van der Waals surface area contributed by atoms with E-state index in [0.717, 1.165) is 16.0 Å². The van der Waals surface area contributed by atoms with Gasteiger partial charge in [0.1, 0.15) is 18.1 Å². The van der Waals surface area contributed by atoms with Gasteiger partial charge in [0.25, 0.3) is 5.91 Å². The summed E-state index contributed by atoms with van der Waals surface area (Å²) in [6.07, 6.45) is 0. The topological polar surface area (TPSA) is 124 Å². The number of hydrogen-bond acceptors (Lipinski definition) is 8. The minimum absolute atomic E-state index is 0.172. The molecule has 0 unspecified atom stereocenters. The van der Waals surface area contributed by atoms with E-state index in [-0.39, 0.29) is 11.3 Å². The first-order valence-electron chi connectivity index (χ1n) is 9.08. The molecule has 3 rings (SSSR count). The number of benzene rings is 1. The summed E-state index contributed by atoms with van der Waals surface area (Å²) in [5.41, 5.74) is 0.671. The molecule has 0 radical (unpaired) electrons. The number of morpholine rings is 1. The molecule has 10 nitrogen and oxygen atoms in total. The van der Waals surface area contributed by atoms with Crippen molar-refractivity contribution in [1.29, 1.82) is 0 Å². The SMILES string of the molecule is COC(=O)Cn1c(=NC(=O)CS(=O)(=O)CC(=O)N2CCOCC2)sc2ccccc21. The van der Waals surface area contributed by atoms with Crippen LogP contribution in [0, 0.1) is 0 Å². The fourth-order valence-corrected chi connectivity index (χ4v) is 5.07. The molecule has 0 spiro atoms. The van der Waals surface area contributed by atoms with Gasteiger partial charge in [-0.15, -0.1) is 0 Å². The van der Waals surface area contributed by atoms with Crippen LogP contribution in [0.2, 0.25) is 0 Å². The lowest BCUT2D eigenvalue weighted by molar-refractivity contribution is -0.141. The Morgan fingerprint density at radius 3 is 2.57 bits per heavy atom. The lowest BCUT2D eigenvalue weighted by Crippen LogP contribution is -2.43. The molecule has 0 aliphatic carbocycles. The summed E-state index contributed by atoms with van der Waals surface area (Å²) in [5.74, 6) is -3.65. The van der Waals surface area contributed by atoms with Gasteiger partial charge < -0.3 is 18.9 Å². The zero-order valence-electron chi connectivity index (χ0n) is 16.3. The highest BCUT2D eigenvalue weighted by molar-refractivity contribution is 7.92. The summed E-state index contributed by atoms with van der Waals surface area (Å²) in [6, 6.07) is 7.13. The number of esters is 1. The Hall–Kier alpha value is -2.57. The molecule has 162 valence electrons. The fourth-order valence-electron chi connectivity index (χ4n) is 2.92. The van der Waals surface area contributed by atoms with Crippen molar-refractivity contribution in [2.75, 3.05) is 44.9 Å². The number of rotatable bonds is 6. The first kappa shape index (κ1) is 22.1. The van der Waals surface area contributed by atoms with Crippen molar-refractivity contribution in [3.05, 3.63) is 29.1 Å². The quantitative estimate of drug-likeness (QED) is 0.542. The molecular weight excluding hydrogens is 434 g/mol. The van der Waals surface area contributed by atoms with E-state index in [1.165, 1.54) is 16.6 Å². The van der Waals surface area contributed by atoms with Crippen molar-refractivity contribution >= 4 is 49.2 Å². The molecule has 1 saturated heterocycles. The maximum absolute atomic E-state index is 12.4. The standard InChI is InChI=1S/C18H21N3O7S2/c1-27-17(24)10-21-13-4-2-3-5-14(13)29-18(21)19-15(22)11-30(25,26)12-16(23)20-6-8-28-9-7-20/h2-5H,6-12H2,1H3. The van der Waals surface area contributed by atoms with Gasteiger partial charge in [0, 0.05) is 13.1 Å². The monoisotopic (exact) mass is 455 g/mol. The normalized spacial score (nSPS) is 15.4. The van der Waals surface area contributed by atoms with Crippen LogP contribution in [0.15, 0.2) is 29.3 Å². The molecule has 1 fully saturated rings. The highest BCUT2D eigenvalue weighted by Gasteiger charge is 2.25. The zero-order chi connectivity index (χ0) is 21.7. The molecule has 2 aromatic rings. The Bertz CT molecular complexity index is 1130. The predicted molar refractivity (Wildman–Crippen MR) is 108 cm³/mol. The number of carbonyl (C=O) groups excluding carboxylic acids is 3. The van der Waals surface area contributed by atoms with Gasteiger partial charge in [0.15, 0.2) is 14.6 Å². The maximum Gasteiger partial charge on any atom is 0.325 e. The number of aromatic nitrogens is 1. The Balaban J connectivity index is 1.80. The Morgan fingerprint density at radius 1 is 1.17 bits per heavy atom. The highest BCUT2D eigenvalue weighted by Crippen LogP contribution is 2.16. The Morgan fingerprint density at radius 2 is 1.87 bits per heavy atom. The van der Waals surface area contributed by atoms with Crippen molar-refractivity contribution in [3.63, 3.8) is 0 Å². The number of methoxy groups -OCH3 is 1. The van der Waals surface area contributed by atoms with Gasteiger partial charge in [0.05, 0.1) is 30.5 Å². The minimum atomic E-state index is -3.99. The number of carbonyl (C=O) groups is 3. The predicted octanol–water partition coefficient (Wildman–Crippen LogP) is -0.423. The molecule has 1 aromatic carbocycles. The van der Waals surface area contributed by atoms with E-state index in [1.54, 1.807) is 24.3 Å². The number of para-hydroxylation sites is 1. The molecule has 0 N–H and O–H groups in total. The van der Waals surface area contributed by atoms with Crippen molar-refractivity contribution < 1.29 is 32.3 Å². The van der Waals surface area contributed by atoms with Crippen LogP contribution in [0.1, 0.15) is 0 Å². The smallest absolute Gasteiger partial charge is 0.325 e. The van der Waals surface area contributed by atoms with Gasteiger partial charge in [-0.25, -0.2) is 8.42 Å². The van der Waals surface area contributed by atoms with E-state index in [4.69, 9.17) is 4.74 Å². The Labute approximate surface area is 176 Å². The third-order valence-corrected chi connectivity index (χ3v) is 6.81. The maximum atomic E-state index is 12.4. The minimum Gasteiger partial charge on any atom is -0.468 e.